The molecule has 1 aromatic heterocycles. The van der Waals surface area contributed by atoms with E-state index in [1.54, 1.807) is 6.20 Å². The number of carbonyl (C=O) groups is 2. The van der Waals surface area contributed by atoms with E-state index in [0.29, 0.717) is 5.13 Å². The van der Waals surface area contributed by atoms with Crippen LogP contribution in [0.1, 0.15) is 56.6 Å². The second-order valence-electron chi connectivity index (χ2n) is 8.65. The Morgan fingerprint density at radius 1 is 1.19 bits per heavy atom. The maximum atomic E-state index is 13.2. The van der Waals surface area contributed by atoms with Gasteiger partial charge in [-0.15, -0.1) is 11.8 Å². The van der Waals surface area contributed by atoms with Gasteiger partial charge in [0.25, 0.3) is 0 Å². The molecule has 0 saturated heterocycles. The highest BCUT2D eigenvalue weighted by Crippen LogP contribution is 2.30. The maximum absolute atomic E-state index is 13.2. The second kappa shape index (κ2) is 12.3. The molecule has 0 spiro atoms. The highest BCUT2D eigenvalue weighted by atomic mass is 32.2. The minimum atomic E-state index is -0.864. The number of unbranched alkanes of at least 4 members (excludes halogenated alkanes) is 1. The van der Waals surface area contributed by atoms with Gasteiger partial charge in [0, 0.05) is 12.6 Å². The summed E-state index contributed by atoms with van der Waals surface area (Å²) in [5.74, 6) is -0.147. The number of thioether (sulfide) groups is 1. The van der Waals surface area contributed by atoms with Gasteiger partial charge in [0.15, 0.2) is 5.13 Å². The second-order valence-corrected chi connectivity index (χ2v) is 11.0. The zero-order valence-electron chi connectivity index (χ0n) is 18.9. The Balaban J connectivity index is 1.55. The lowest BCUT2D eigenvalue weighted by Gasteiger charge is -2.36. The SMILES string of the molecule is Cc1ccc(CCCCN(C(=O)Nc2ncc(SCC(=O)O)s2)[C@H]2CC[C@H](C)CC2)cc1. The quantitative estimate of drug-likeness (QED) is 0.322. The number of aromatic nitrogens is 1. The third-order valence-corrected chi connectivity index (χ3v) is 8.05. The third kappa shape index (κ3) is 7.81. The summed E-state index contributed by atoms with van der Waals surface area (Å²) < 4.78 is 0.791. The zero-order chi connectivity index (χ0) is 22.9. The van der Waals surface area contributed by atoms with Crippen LogP contribution in [0.3, 0.4) is 0 Å². The van der Waals surface area contributed by atoms with Crippen LogP contribution < -0.4 is 5.32 Å². The number of carboxylic acid groups (broad SMARTS) is 1. The van der Waals surface area contributed by atoms with E-state index < -0.39 is 5.97 Å². The number of nitrogens with one attached hydrogen (secondary N) is 1. The highest BCUT2D eigenvalue weighted by Gasteiger charge is 2.27. The molecule has 1 aromatic carbocycles. The molecule has 1 aliphatic rings. The number of amides is 2. The van der Waals surface area contributed by atoms with Gasteiger partial charge in [0.1, 0.15) is 0 Å². The molecule has 1 fully saturated rings. The van der Waals surface area contributed by atoms with Crippen LogP contribution in [0, 0.1) is 12.8 Å². The fourth-order valence-electron chi connectivity index (χ4n) is 4.05. The van der Waals surface area contributed by atoms with Gasteiger partial charge in [0.05, 0.1) is 16.2 Å². The van der Waals surface area contributed by atoms with Crippen LogP contribution in [0.25, 0.3) is 0 Å². The van der Waals surface area contributed by atoms with Crippen LogP contribution in [0.15, 0.2) is 34.7 Å². The number of aliphatic carboxylic acids is 1. The third-order valence-electron chi connectivity index (χ3n) is 5.96. The number of carbonyl (C=O) groups excluding carboxylic acids is 1. The number of urea groups is 1. The molecular formula is C24H33N3O3S2. The molecule has 2 amide bonds. The van der Waals surface area contributed by atoms with Crippen molar-refractivity contribution in [3.05, 3.63) is 41.6 Å². The monoisotopic (exact) mass is 475 g/mol. The Hall–Kier alpha value is -2.06. The molecule has 32 heavy (non-hydrogen) atoms. The van der Waals surface area contributed by atoms with Crippen molar-refractivity contribution in [2.24, 2.45) is 5.92 Å². The molecule has 0 bridgehead atoms. The van der Waals surface area contributed by atoms with Crippen molar-refractivity contribution >= 4 is 40.2 Å². The summed E-state index contributed by atoms with van der Waals surface area (Å²) in [6, 6.07) is 8.84. The van der Waals surface area contributed by atoms with Crippen LogP contribution in [0.5, 0.6) is 0 Å². The first kappa shape index (κ1) is 24.6. The summed E-state index contributed by atoms with van der Waals surface area (Å²) in [6.07, 6.45) is 9.06. The number of carboxylic acids is 1. The van der Waals surface area contributed by atoms with E-state index in [1.807, 2.05) is 4.90 Å². The number of hydrogen-bond acceptors (Lipinski definition) is 5. The average Bonchev–Trinajstić information content (AvgIpc) is 3.21. The van der Waals surface area contributed by atoms with Gasteiger partial charge in [-0.25, -0.2) is 9.78 Å². The summed E-state index contributed by atoms with van der Waals surface area (Å²) in [7, 11) is 0. The number of rotatable bonds is 10. The van der Waals surface area contributed by atoms with Crippen molar-refractivity contribution in [1.82, 2.24) is 9.88 Å². The van der Waals surface area contributed by atoms with Crippen LogP contribution in [0.4, 0.5) is 9.93 Å². The minimum absolute atomic E-state index is 0.0110. The van der Waals surface area contributed by atoms with Crippen LogP contribution in [-0.4, -0.2) is 45.3 Å². The van der Waals surface area contributed by atoms with E-state index >= 15 is 0 Å². The van der Waals surface area contributed by atoms with E-state index in [-0.39, 0.29) is 17.8 Å². The Morgan fingerprint density at radius 3 is 2.59 bits per heavy atom. The lowest BCUT2D eigenvalue weighted by molar-refractivity contribution is -0.133. The number of benzene rings is 1. The normalized spacial score (nSPS) is 18.3. The number of aryl methyl sites for hydroxylation is 2. The van der Waals surface area contributed by atoms with E-state index in [0.717, 1.165) is 61.6 Å². The molecule has 0 aliphatic heterocycles. The van der Waals surface area contributed by atoms with Crippen LogP contribution in [0.2, 0.25) is 0 Å². The lowest BCUT2D eigenvalue weighted by atomic mass is 9.86. The van der Waals surface area contributed by atoms with Crippen molar-refractivity contribution < 1.29 is 14.7 Å². The summed E-state index contributed by atoms with van der Waals surface area (Å²) >= 11 is 2.54. The van der Waals surface area contributed by atoms with Gasteiger partial charge in [-0.3, -0.25) is 10.1 Å². The molecule has 8 heteroatoms. The number of anilines is 1. The summed E-state index contributed by atoms with van der Waals surface area (Å²) in [6.45, 7) is 5.12. The minimum Gasteiger partial charge on any atom is -0.481 e. The summed E-state index contributed by atoms with van der Waals surface area (Å²) in [4.78, 5) is 30.2. The highest BCUT2D eigenvalue weighted by molar-refractivity contribution is 8.01. The molecule has 1 aliphatic carbocycles. The molecule has 174 valence electrons. The Kier molecular flexibility index (Phi) is 9.41. The fourth-order valence-corrected chi connectivity index (χ4v) is 5.63. The van der Waals surface area contributed by atoms with Crippen LogP contribution in [-0.2, 0) is 11.2 Å². The van der Waals surface area contributed by atoms with E-state index in [9.17, 15) is 9.59 Å². The zero-order valence-corrected chi connectivity index (χ0v) is 20.5. The van der Waals surface area contributed by atoms with Gasteiger partial charge >= 0.3 is 12.0 Å². The van der Waals surface area contributed by atoms with Crippen molar-refractivity contribution in [2.45, 2.75) is 69.0 Å². The van der Waals surface area contributed by atoms with Crippen molar-refractivity contribution in [3.63, 3.8) is 0 Å². The topological polar surface area (TPSA) is 82.5 Å². The van der Waals surface area contributed by atoms with Crippen LogP contribution >= 0.6 is 23.1 Å². The van der Waals surface area contributed by atoms with E-state index in [2.05, 4.69) is 48.4 Å². The molecule has 0 radical (unpaired) electrons. The van der Waals surface area contributed by atoms with Crippen molar-refractivity contribution in [2.75, 3.05) is 17.6 Å². The first-order chi connectivity index (χ1) is 15.4. The molecule has 6 nitrogen and oxygen atoms in total. The first-order valence-corrected chi connectivity index (χ1v) is 13.1. The summed E-state index contributed by atoms with van der Waals surface area (Å²) in [5.41, 5.74) is 2.61. The molecule has 3 rings (SSSR count). The predicted octanol–water partition coefficient (Wildman–Crippen LogP) is 6.06. The van der Waals surface area contributed by atoms with Gasteiger partial charge in [-0.1, -0.05) is 48.1 Å². The molecule has 0 atom stereocenters. The average molecular weight is 476 g/mol. The van der Waals surface area contributed by atoms with Gasteiger partial charge in [-0.05, 0) is 63.4 Å². The standard InChI is InChI=1S/C24H33N3O3S2/c1-17-6-10-19(11-7-17)5-3-4-14-27(20-12-8-18(2)9-13-20)24(30)26-23-25-15-22(32-23)31-16-21(28)29/h6-7,10-11,15,18,20H,3-5,8-9,12-14,16H2,1-2H3,(H,28,29)(H,25,26,30)/t18-,20-. The Morgan fingerprint density at radius 2 is 1.91 bits per heavy atom. The smallest absolute Gasteiger partial charge is 0.323 e. The predicted molar refractivity (Wildman–Crippen MR) is 132 cm³/mol. The van der Waals surface area contributed by atoms with E-state index in [4.69, 9.17) is 5.11 Å². The maximum Gasteiger partial charge on any atom is 0.323 e. The Bertz CT molecular complexity index is 877. The first-order valence-electron chi connectivity index (χ1n) is 11.3. The Labute approximate surface area is 198 Å². The largest absolute Gasteiger partial charge is 0.481 e. The van der Waals surface area contributed by atoms with Crippen molar-refractivity contribution in [3.8, 4) is 0 Å². The number of hydrogen-bond donors (Lipinski definition) is 2. The molecule has 2 N–H and O–H groups in total. The van der Waals surface area contributed by atoms with E-state index in [1.165, 1.54) is 34.2 Å². The molecule has 0 unspecified atom stereocenters. The fraction of sp³-hybridized carbons (Fsp3) is 0.542. The van der Waals surface area contributed by atoms with Gasteiger partial charge in [-0.2, -0.15) is 0 Å². The summed E-state index contributed by atoms with van der Waals surface area (Å²) in [5, 5.41) is 12.3. The number of thiazole rings is 1. The molecule has 1 heterocycles. The molecular weight excluding hydrogens is 442 g/mol. The number of nitrogens with zero attached hydrogens (tertiary/aromatic N) is 2. The molecule has 2 aromatic rings. The van der Waals surface area contributed by atoms with Gasteiger partial charge in [0.2, 0.25) is 0 Å². The van der Waals surface area contributed by atoms with Crippen molar-refractivity contribution in [1.29, 1.82) is 0 Å². The van der Waals surface area contributed by atoms with Gasteiger partial charge < -0.3 is 10.0 Å². The lowest BCUT2D eigenvalue weighted by Crippen LogP contribution is -2.45. The molecule has 1 saturated carbocycles.